The molecule has 30 heavy (non-hydrogen) atoms. The lowest BCUT2D eigenvalue weighted by Gasteiger charge is -2.15. The number of nitrogens with zero attached hydrogens (tertiary/aromatic N) is 3. The van der Waals surface area contributed by atoms with Gasteiger partial charge in [0.2, 0.25) is 0 Å². The van der Waals surface area contributed by atoms with Gasteiger partial charge in [-0.15, -0.1) is 11.3 Å². The van der Waals surface area contributed by atoms with Gasteiger partial charge in [-0.2, -0.15) is 5.26 Å². The number of nitrogens with one attached hydrogen (secondary N) is 1. The van der Waals surface area contributed by atoms with E-state index in [4.69, 9.17) is 10.00 Å². The summed E-state index contributed by atoms with van der Waals surface area (Å²) in [4.78, 5) is 26.3. The maximum absolute atomic E-state index is 12.6. The quantitative estimate of drug-likeness (QED) is 0.646. The third-order valence-corrected chi connectivity index (χ3v) is 5.97. The number of nitriles is 1. The molecule has 0 aliphatic carbocycles. The summed E-state index contributed by atoms with van der Waals surface area (Å²) in [7, 11) is 0. The minimum Gasteiger partial charge on any atom is -0.492 e. The Labute approximate surface area is 177 Å². The molecular formula is C21H24N4O4S. The maximum atomic E-state index is 12.6. The first-order valence-corrected chi connectivity index (χ1v) is 10.6. The molecular weight excluding hydrogens is 404 g/mol. The van der Waals surface area contributed by atoms with Crippen LogP contribution in [0.25, 0.3) is 11.8 Å². The first-order chi connectivity index (χ1) is 14.5. The molecule has 158 valence electrons. The van der Waals surface area contributed by atoms with Crippen molar-refractivity contribution in [2.24, 2.45) is 0 Å². The zero-order valence-electron chi connectivity index (χ0n) is 16.8. The third kappa shape index (κ3) is 5.09. The molecule has 0 unspecified atom stereocenters. The minimum atomic E-state index is -1.35. The highest BCUT2D eigenvalue weighted by molar-refractivity contribution is 7.07. The number of thiazole rings is 1. The highest BCUT2D eigenvalue weighted by atomic mass is 32.1. The van der Waals surface area contributed by atoms with Crippen LogP contribution in [0.4, 0.5) is 5.69 Å². The molecule has 1 aliphatic rings. The van der Waals surface area contributed by atoms with Gasteiger partial charge < -0.3 is 15.2 Å². The third-order valence-electron chi connectivity index (χ3n) is 4.84. The number of anilines is 1. The lowest BCUT2D eigenvalue weighted by molar-refractivity contribution is -0.130. The Bertz CT molecular complexity index is 1120. The van der Waals surface area contributed by atoms with Crippen molar-refractivity contribution in [3.8, 4) is 11.8 Å². The summed E-state index contributed by atoms with van der Waals surface area (Å²) >= 11 is 0.978. The number of hydrogen-bond acceptors (Lipinski definition) is 7. The standard InChI is InChI=1S/C21H24N4O4S/c1-2-25-19(26)18(30-20(25)17(13-22)21(27)28)14-23-15-6-5-7-16(12-15)29-11-10-24-8-3-4-9-24/h5-7,12,14,23H,2-4,8-11H2,1H3,(H,27,28). The summed E-state index contributed by atoms with van der Waals surface area (Å²) < 4.78 is 7.59. The predicted octanol–water partition coefficient (Wildman–Crippen LogP) is 1.01. The van der Waals surface area contributed by atoms with Gasteiger partial charge in [0.15, 0.2) is 5.57 Å². The second kappa shape index (κ2) is 10.1. The molecule has 0 saturated carbocycles. The average molecular weight is 429 g/mol. The van der Waals surface area contributed by atoms with Gasteiger partial charge in [-0.05, 0) is 45.0 Å². The molecule has 0 amide bonds. The number of aliphatic carboxylic acids is 1. The molecule has 1 fully saturated rings. The Balaban J connectivity index is 1.77. The Morgan fingerprint density at radius 1 is 1.40 bits per heavy atom. The van der Waals surface area contributed by atoms with Gasteiger partial charge in [0.05, 0.1) is 0 Å². The van der Waals surface area contributed by atoms with E-state index in [9.17, 15) is 14.7 Å². The summed E-state index contributed by atoms with van der Waals surface area (Å²) in [6, 6.07) is 9.10. The molecule has 0 bridgehead atoms. The van der Waals surface area contributed by atoms with E-state index >= 15 is 0 Å². The van der Waals surface area contributed by atoms with E-state index in [0.717, 1.165) is 42.4 Å². The number of carboxylic acids is 1. The van der Waals surface area contributed by atoms with Crippen LogP contribution in [0.2, 0.25) is 0 Å². The fourth-order valence-corrected chi connectivity index (χ4v) is 4.38. The lowest BCUT2D eigenvalue weighted by atomic mass is 10.3. The van der Waals surface area contributed by atoms with E-state index < -0.39 is 11.5 Å². The van der Waals surface area contributed by atoms with E-state index in [1.807, 2.05) is 24.3 Å². The van der Waals surface area contributed by atoms with E-state index in [1.54, 1.807) is 13.0 Å². The van der Waals surface area contributed by atoms with Crippen LogP contribution in [-0.4, -0.2) is 46.8 Å². The number of benzene rings is 1. The van der Waals surface area contributed by atoms with Gasteiger partial charge >= 0.3 is 5.97 Å². The molecule has 8 nitrogen and oxygen atoms in total. The van der Waals surface area contributed by atoms with Crippen molar-refractivity contribution >= 4 is 34.8 Å². The fraction of sp³-hybridized carbons (Fsp3) is 0.381. The molecule has 1 aromatic carbocycles. The number of carbonyl (C=O) groups is 1. The monoisotopic (exact) mass is 428 g/mol. The van der Waals surface area contributed by atoms with Crippen LogP contribution in [0.1, 0.15) is 19.8 Å². The Hall–Kier alpha value is -3.09. The van der Waals surface area contributed by atoms with Crippen molar-refractivity contribution in [1.82, 2.24) is 9.47 Å². The van der Waals surface area contributed by atoms with Crippen molar-refractivity contribution in [3.63, 3.8) is 0 Å². The smallest absolute Gasteiger partial charge is 0.349 e. The number of aromatic nitrogens is 1. The van der Waals surface area contributed by atoms with Gasteiger partial charge in [0.1, 0.15) is 27.6 Å². The van der Waals surface area contributed by atoms with E-state index in [2.05, 4.69) is 10.2 Å². The van der Waals surface area contributed by atoms with E-state index in [1.165, 1.54) is 23.6 Å². The maximum Gasteiger partial charge on any atom is 0.349 e. The highest BCUT2D eigenvalue weighted by Gasteiger charge is 2.14. The number of ether oxygens (including phenoxy) is 1. The zero-order chi connectivity index (χ0) is 21.5. The summed E-state index contributed by atoms with van der Waals surface area (Å²) in [5, 5.41) is 21.4. The summed E-state index contributed by atoms with van der Waals surface area (Å²) in [5.41, 5.74) is -0.0298. The molecule has 2 aromatic rings. The SMILES string of the molecule is CCn1c(=C(C#N)C(=O)O)sc(=CNc2cccc(OCCN3CCCC3)c2)c1=O. The second-order valence-corrected chi connectivity index (χ2v) is 7.86. The molecule has 1 saturated heterocycles. The number of likely N-dealkylation sites (tertiary alicyclic amines) is 1. The molecule has 0 spiro atoms. The predicted molar refractivity (Wildman–Crippen MR) is 116 cm³/mol. The zero-order valence-corrected chi connectivity index (χ0v) is 17.6. The van der Waals surface area contributed by atoms with Crippen LogP contribution < -0.4 is 24.8 Å². The summed E-state index contributed by atoms with van der Waals surface area (Å²) in [6.45, 7) is 5.78. The first kappa shape index (κ1) is 21.6. The van der Waals surface area contributed by atoms with Crippen LogP contribution in [0.15, 0.2) is 29.1 Å². The Kier molecular flexibility index (Phi) is 7.27. The van der Waals surface area contributed by atoms with Gasteiger partial charge in [-0.25, -0.2) is 4.79 Å². The normalized spacial score (nSPS) is 15.7. The van der Waals surface area contributed by atoms with Crippen LogP contribution in [0, 0.1) is 11.3 Å². The highest BCUT2D eigenvalue weighted by Crippen LogP contribution is 2.17. The van der Waals surface area contributed by atoms with E-state index in [0.29, 0.717) is 11.1 Å². The Morgan fingerprint density at radius 2 is 2.17 bits per heavy atom. The summed E-state index contributed by atoms with van der Waals surface area (Å²) in [5.74, 6) is -0.615. The van der Waals surface area contributed by atoms with Crippen molar-refractivity contribution in [3.05, 3.63) is 43.8 Å². The van der Waals surface area contributed by atoms with Crippen molar-refractivity contribution in [1.29, 1.82) is 5.26 Å². The molecule has 2 heterocycles. The van der Waals surface area contributed by atoms with Crippen LogP contribution in [0.5, 0.6) is 5.75 Å². The van der Waals surface area contributed by atoms with Crippen LogP contribution in [-0.2, 0) is 11.3 Å². The van der Waals surface area contributed by atoms with Crippen molar-refractivity contribution in [2.75, 3.05) is 31.6 Å². The van der Waals surface area contributed by atoms with Crippen molar-refractivity contribution in [2.45, 2.75) is 26.3 Å². The summed E-state index contributed by atoms with van der Waals surface area (Å²) in [6.07, 6.45) is 4.03. The molecule has 3 rings (SSSR count). The molecule has 0 atom stereocenters. The number of carboxylic acid groups (broad SMARTS) is 1. The molecule has 0 radical (unpaired) electrons. The fourth-order valence-electron chi connectivity index (χ4n) is 3.30. The molecule has 1 aromatic heterocycles. The van der Waals surface area contributed by atoms with Crippen molar-refractivity contribution < 1.29 is 14.6 Å². The topological polar surface area (TPSA) is 108 Å². The Morgan fingerprint density at radius 3 is 2.83 bits per heavy atom. The van der Waals surface area contributed by atoms with Gasteiger partial charge in [0, 0.05) is 31.0 Å². The minimum absolute atomic E-state index is 0.143. The number of rotatable bonds is 8. The van der Waals surface area contributed by atoms with Gasteiger partial charge in [0.25, 0.3) is 5.56 Å². The van der Waals surface area contributed by atoms with E-state index in [-0.39, 0.29) is 16.8 Å². The molecule has 9 heteroatoms. The number of hydrogen-bond donors (Lipinski definition) is 2. The largest absolute Gasteiger partial charge is 0.492 e. The molecule has 2 N–H and O–H groups in total. The average Bonchev–Trinajstić information content (AvgIpc) is 3.35. The van der Waals surface area contributed by atoms with Crippen LogP contribution in [0.3, 0.4) is 0 Å². The molecule has 1 aliphatic heterocycles. The van der Waals surface area contributed by atoms with Gasteiger partial charge in [-0.3, -0.25) is 14.3 Å². The van der Waals surface area contributed by atoms with Crippen LogP contribution >= 0.6 is 11.3 Å². The lowest BCUT2D eigenvalue weighted by Crippen LogP contribution is -2.32. The second-order valence-electron chi connectivity index (χ2n) is 6.83. The van der Waals surface area contributed by atoms with Gasteiger partial charge in [-0.1, -0.05) is 6.07 Å². The first-order valence-electron chi connectivity index (χ1n) is 9.82.